The van der Waals surface area contributed by atoms with E-state index < -0.39 is 36.6 Å². The first kappa shape index (κ1) is 13.4. The summed E-state index contributed by atoms with van der Waals surface area (Å²) in [6.07, 6.45) is 3.99. The molecular weight excluding hydrogens is 286 g/mol. The summed E-state index contributed by atoms with van der Waals surface area (Å²) in [7, 11) is -7.22. The van der Waals surface area contributed by atoms with E-state index >= 15 is 0 Å². The first-order chi connectivity index (χ1) is 7.99. The number of hydrogen-bond donors (Lipinski definition) is 0. The number of nitrogens with zero attached hydrogens (tertiary/aromatic N) is 1. The van der Waals surface area contributed by atoms with E-state index in [1.165, 1.54) is 0 Å². The van der Waals surface area contributed by atoms with Gasteiger partial charge in [-0.25, -0.2) is 0 Å². The molecule has 0 amide bonds. The molecule has 0 radical (unpaired) electrons. The van der Waals surface area contributed by atoms with Crippen molar-refractivity contribution in [3.63, 3.8) is 0 Å². The van der Waals surface area contributed by atoms with Crippen molar-refractivity contribution >= 4 is 36.6 Å². The summed E-state index contributed by atoms with van der Waals surface area (Å²) in [5.74, 6) is 0. The average Bonchev–Trinajstić information content (AvgIpc) is 2.66. The second-order valence-electron chi connectivity index (χ2n) is 4.20. The van der Waals surface area contributed by atoms with Gasteiger partial charge in [-0.1, -0.05) is 0 Å². The zero-order chi connectivity index (χ0) is 12.5. The molecule has 1 aromatic rings. The van der Waals surface area contributed by atoms with E-state index in [-0.39, 0.29) is 0 Å². The lowest BCUT2D eigenvalue weighted by Gasteiger charge is -2.37. The molecule has 1 aliphatic rings. The summed E-state index contributed by atoms with van der Waals surface area (Å²) in [5, 5.41) is 0. The Bertz CT molecular complexity index is 348. The monoisotopic (exact) mass is 305 g/mol. The molecule has 17 heavy (non-hydrogen) atoms. The summed E-state index contributed by atoms with van der Waals surface area (Å²) >= 11 is 0. The van der Waals surface area contributed by atoms with E-state index in [0.29, 0.717) is 0 Å². The van der Waals surface area contributed by atoms with Crippen LogP contribution in [0.2, 0.25) is 26.2 Å². The van der Waals surface area contributed by atoms with E-state index in [4.69, 9.17) is 16.5 Å². The molecule has 1 saturated heterocycles. The second-order valence-corrected chi connectivity index (χ2v) is 14.0. The minimum atomic E-state index is -2.39. The van der Waals surface area contributed by atoms with Gasteiger partial charge in [-0.05, 0) is 50.7 Å². The Labute approximate surface area is 108 Å². The molecule has 5 nitrogen and oxygen atoms in total. The van der Waals surface area contributed by atoms with Crippen LogP contribution in [0.5, 0.6) is 0 Å². The smallest absolute Gasteiger partial charge is 0.420 e. The van der Waals surface area contributed by atoms with Crippen molar-refractivity contribution in [2.24, 2.45) is 0 Å². The predicted octanol–water partition coefficient (Wildman–Crippen LogP) is 0.536. The molecule has 96 valence electrons. The first-order valence-electron chi connectivity index (χ1n) is 5.79. The van der Waals surface area contributed by atoms with Crippen molar-refractivity contribution in [1.29, 1.82) is 0 Å². The van der Waals surface area contributed by atoms with Gasteiger partial charge in [0.2, 0.25) is 0 Å². The second kappa shape index (κ2) is 5.32. The maximum atomic E-state index is 6.15. The van der Waals surface area contributed by atoms with Crippen molar-refractivity contribution in [2.45, 2.75) is 26.2 Å². The highest BCUT2D eigenvalue weighted by Crippen LogP contribution is 2.18. The van der Waals surface area contributed by atoms with Gasteiger partial charge in [0.05, 0.1) is 0 Å². The van der Waals surface area contributed by atoms with Gasteiger partial charge in [0, 0.05) is 0 Å². The Hall–Kier alpha value is -0.0125. The van der Waals surface area contributed by atoms with Gasteiger partial charge < -0.3 is 20.7 Å². The van der Waals surface area contributed by atoms with Gasteiger partial charge in [-0.3, -0.25) is 0 Å². The van der Waals surface area contributed by atoms with Crippen LogP contribution >= 0.6 is 0 Å². The van der Waals surface area contributed by atoms with Crippen LogP contribution in [0.15, 0.2) is 24.5 Å². The van der Waals surface area contributed by atoms with Gasteiger partial charge in [0.25, 0.3) is 9.28 Å². The molecule has 0 aromatic carbocycles. The van der Waals surface area contributed by atoms with Crippen molar-refractivity contribution in [2.75, 3.05) is 0 Å². The molecule has 2 unspecified atom stereocenters. The molecule has 1 aromatic heterocycles. The summed E-state index contributed by atoms with van der Waals surface area (Å²) < 4.78 is 26.1. The largest absolute Gasteiger partial charge is 0.441 e. The van der Waals surface area contributed by atoms with Crippen LogP contribution in [0.3, 0.4) is 0 Å². The van der Waals surface area contributed by atoms with Gasteiger partial charge in [-0.15, -0.1) is 0 Å². The zero-order valence-electron chi connectivity index (χ0n) is 10.6. The Morgan fingerprint density at radius 3 is 1.82 bits per heavy atom. The van der Waals surface area contributed by atoms with Gasteiger partial charge in [0.1, 0.15) is 0 Å². The summed E-state index contributed by atoms with van der Waals surface area (Å²) in [6, 6.07) is 3.97. The first-order valence-corrected chi connectivity index (χ1v) is 14.4. The molecule has 1 aliphatic heterocycles. The highest BCUT2D eigenvalue weighted by Gasteiger charge is 2.41. The summed E-state index contributed by atoms with van der Waals surface area (Å²) in [6.45, 7) is 8.19. The molecule has 2 rings (SSSR count). The molecule has 0 spiro atoms. The van der Waals surface area contributed by atoms with Crippen LogP contribution in [0, 0.1) is 0 Å². The Morgan fingerprint density at radius 2 is 1.35 bits per heavy atom. The van der Waals surface area contributed by atoms with Crippen LogP contribution < -0.4 is 0 Å². The third-order valence-corrected chi connectivity index (χ3v) is 16.1. The number of aromatic nitrogens is 1. The molecule has 2 atom stereocenters. The van der Waals surface area contributed by atoms with Crippen molar-refractivity contribution in [3.8, 4) is 0 Å². The molecule has 0 aliphatic carbocycles. The van der Waals surface area contributed by atoms with Crippen LogP contribution in [0.25, 0.3) is 0 Å². The lowest BCUT2D eigenvalue weighted by atomic mass is 10.7. The third kappa shape index (κ3) is 3.26. The molecular formula is C8H19NO4Si4. The predicted molar refractivity (Wildman–Crippen MR) is 74.8 cm³/mol. The Morgan fingerprint density at radius 1 is 0.882 bits per heavy atom. The summed E-state index contributed by atoms with van der Waals surface area (Å²) in [4.78, 5) is 0. The van der Waals surface area contributed by atoms with Gasteiger partial charge in [-0.2, -0.15) is 0 Å². The van der Waals surface area contributed by atoms with E-state index in [1.807, 2.05) is 44.2 Å². The highest BCUT2D eigenvalue weighted by molar-refractivity contribution is 6.80. The Balaban J connectivity index is 2.20. The fourth-order valence-electron chi connectivity index (χ4n) is 2.00. The van der Waals surface area contributed by atoms with E-state index in [0.717, 1.165) is 0 Å². The summed E-state index contributed by atoms with van der Waals surface area (Å²) in [5.41, 5.74) is 0. The standard InChI is InChI=1S/C8H19NO4Si4/c1-14-10-15(2)12-17(4,13-16(3)11-14)9-7-5-6-8-9/h5-8,14-16H,1-4H3. The molecule has 9 heteroatoms. The van der Waals surface area contributed by atoms with Crippen LogP contribution in [0.4, 0.5) is 0 Å². The quantitative estimate of drug-likeness (QED) is 0.710. The minimum absolute atomic E-state index is 1.53. The van der Waals surface area contributed by atoms with Crippen LogP contribution in [-0.4, -0.2) is 40.8 Å². The molecule has 2 heterocycles. The highest BCUT2D eigenvalue weighted by atomic mass is 28.5. The lowest BCUT2D eigenvalue weighted by Crippen LogP contribution is -2.57. The zero-order valence-corrected chi connectivity index (χ0v) is 15.1. The van der Waals surface area contributed by atoms with E-state index in [9.17, 15) is 0 Å². The average molecular weight is 306 g/mol. The van der Waals surface area contributed by atoms with Gasteiger partial charge >= 0.3 is 27.3 Å². The topological polar surface area (TPSA) is 41.9 Å². The maximum Gasteiger partial charge on any atom is 0.441 e. The molecule has 0 N–H and O–H groups in total. The number of hydrogen-bond acceptors (Lipinski definition) is 4. The van der Waals surface area contributed by atoms with Crippen molar-refractivity contribution in [3.05, 3.63) is 24.5 Å². The van der Waals surface area contributed by atoms with Gasteiger partial charge in [0.15, 0.2) is 0 Å². The van der Waals surface area contributed by atoms with E-state index in [2.05, 4.69) is 10.8 Å². The van der Waals surface area contributed by atoms with E-state index in [1.54, 1.807) is 0 Å². The number of rotatable bonds is 1. The molecule has 0 saturated carbocycles. The third-order valence-electron chi connectivity index (χ3n) is 2.61. The fourth-order valence-corrected chi connectivity index (χ4v) is 15.9. The fraction of sp³-hybridized carbons (Fsp3) is 0.500. The van der Waals surface area contributed by atoms with Crippen molar-refractivity contribution in [1.82, 2.24) is 4.23 Å². The SMILES string of the molecule is C[SiH]1O[SiH](C)O[Si](C)(n2cccc2)O[SiH](C)O1. The minimum Gasteiger partial charge on any atom is -0.420 e. The van der Waals surface area contributed by atoms with Crippen molar-refractivity contribution < 1.29 is 16.5 Å². The maximum absolute atomic E-state index is 6.15. The molecule has 0 bridgehead atoms. The normalized spacial score (nSPS) is 39.6. The van der Waals surface area contributed by atoms with Crippen LogP contribution in [-0.2, 0) is 16.5 Å². The Kier molecular flexibility index (Phi) is 4.20. The van der Waals surface area contributed by atoms with Crippen LogP contribution in [0.1, 0.15) is 0 Å². The molecule has 1 fully saturated rings. The lowest BCUT2D eigenvalue weighted by molar-refractivity contribution is 0.267.